The predicted molar refractivity (Wildman–Crippen MR) is 61.0 cm³/mol. The monoisotopic (exact) mass is 247 g/mol. The molecule has 0 amide bonds. The molecule has 6 heteroatoms. The number of halogens is 3. The van der Waals surface area contributed by atoms with Crippen LogP contribution in [0.3, 0.4) is 0 Å². The fourth-order valence-electron chi connectivity index (χ4n) is 1.13. The Bertz CT molecular complexity index is 350. The lowest BCUT2D eigenvalue weighted by Crippen LogP contribution is -2.33. The van der Waals surface area contributed by atoms with Crippen molar-refractivity contribution in [3.05, 3.63) is 23.5 Å². The van der Waals surface area contributed by atoms with Gasteiger partial charge in [0.25, 0.3) is 0 Å². The molecule has 0 spiro atoms. The van der Waals surface area contributed by atoms with Gasteiger partial charge in [-0.25, -0.2) is 5.84 Å². The van der Waals surface area contributed by atoms with Crippen LogP contribution in [0, 0.1) is 18.3 Å². The maximum Gasteiger partial charge on any atom is 0.394 e. The SMILES string of the molecule is C#CCN(N)C(=C/C)/C(N)=C\C(C)C(F)(F)F. The van der Waals surface area contributed by atoms with Crippen molar-refractivity contribution in [1.29, 1.82) is 0 Å². The van der Waals surface area contributed by atoms with Gasteiger partial charge in [-0.2, -0.15) is 13.2 Å². The first-order valence-corrected chi connectivity index (χ1v) is 4.90. The van der Waals surface area contributed by atoms with Gasteiger partial charge in [0.2, 0.25) is 0 Å². The van der Waals surface area contributed by atoms with Crippen molar-refractivity contribution >= 4 is 0 Å². The maximum atomic E-state index is 12.3. The number of nitrogens with zero attached hydrogens (tertiary/aromatic N) is 1. The molecule has 0 aromatic heterocycles. The fraction of sp³-hybridized carbons (Fsp3) is 0.455. The van der Waals surface area contributed by atoms with E-state index in [1.54, 1.807) is 6.92 Å². The molecule has 0 aliphatic carbocycles. The molecule has 3 nitrogen and oxygen atoms in total. The molecule has 17 heavy (non-hydrogen) atoms. The van der Waals surface area contributed by atoms with E-state index in [9.17, 15) is 13.2 Å². The minimum absolute atomic E-state index is 0.0462. The van der Waals surface area contributed by atoms with Gasteiger partial charge in [-0.3, -0.25) is 5.01 Å². The number of hydrogen-bond donors (Lipinski definition) is 2. The van der Waals surface area contributed by atoms with Crippen molar-refractivity contribution in [2.45, 2.75) is 20.0 Å². The summed E-state index contributed by atoms with van der Waals surface area (Å²) in [5.41, 5.74) is 5.79. The van der Waals surface area contributed by atoms with Crippen LogP contribution in [0.1, 0.15) is 13.8 Å². The topological polar surface area (TPSA) is 55.3 Å². The van der Waals surface area contributed by atoms with Crippen LogP contribution in [-0.2, 0) is 0 Å². The molecular formula is C11H16F3N3. The molecule has 0 heterocycles. The first-order chi connectivity index (χ1) is 7.73. The second-order valence-electron chi connectivity index (χ2n) is 3.46. The quantitative estimate of drug-likeness (QED) is 0.344. The van der Waals surface area contributed by atoms with Crippen molar-refractivity contribution in [1.82, 2.24) is 5.01 Å². The van der Waals surface area contributed by atoms with E-state index in [1.807, 2.05) is 0 Å². The standard InChI is InChI=1S/C11H16F3N3/c1-4-6-17(16)10(5-2)9(15)7-8(3)11(12,13)14/h1,5,7-8H,6,15-16H2,2-3H3/b9-7+,10-5+. The van der Waals surface area contributed by atoms with E-state index < -0.39 is 12.1 Å². The van der Waals surface area contributed by atoms with Crippen LogP contribution in [0.15, 0.2) is 23.5 Å². The van der Waals surface area contributed by atoms with E-state index in [1.165, 1.54) is 6.08 Å². The lowest BCUT2D eigenvalue weighted by atomic mass is 10.1. The van der Waals surface area contributed by atoms with Crippen LogP contribution in [0.2, 0.25) is 0 Å². The van der Waals surface area contributed by atoms with Crippen LogP contribution >= 0.6 is 0 Å². The highest BCUT2D eigenvalue weighted by atomic mass is 19.4. The minimum Gasteiger partial charge on any atom is -0.397 e. The molecule has 0 rings (SSSR count). The van der Waals surface area contributed by atoms with Gasteiger partial charge in [0.15, 0.2) is 0 Å². The number of terminal acetylenes is 1. The summed E-state index contributed by atoms with van der Waals surface area (Å²) in [6.07, 6.45) is 3.14. The van der Waals surface area contributed by atoms with Gasteiger partial charge in [0, 0.05) is 0 Å². The van der Waals surface area contributed by atoms with Crippen molar-refractivity contribution in [2.75, 3.05) is 6.54 Å². The summed E-state index contributed by atoms with van der Waals surface area (Å²) >= 11 is 0. The molecule has 0 radical (unpaired) electrons. The molecule has 4 N–H and O–H groups in total. The minimum atomic E-state index is -4.32. The van der Waals surface area contributed by atoms with Gasteiger partial charge in [0.1, 0.15) is 0 Å². The van der Waals surface area contributed by atoms with Crippen LogP contribution in [0.4, 0.5) is 13.2 Å². The van der Waals surface area contributed by atoms with Crippen LogP contribution in [-0.4, -0.2) is 17.7 Å². The Morgan fingerprint density at radius 1 is 1.53 bits per heavy atom. The lowest BCUT2D eigenvalue weighted by Gasteiger charge is -2.21. The zero-order valence-electron chi connectivity index (χ0n) is 9.75. The van der Waals surface area contributed by atoms with E-state index in [0.717, 1.165) is 18.0 Å². The summed E-state index contributed by atoms with van der Waals surface area (Å²) in [4.78, 5) is 0. The van der Waals surface area contributed by atoms with E-state index in [-0.39, 0.29) is 17.9 Å². The molecule has 0 aromatic rings. The fourth-order valence-corrected chi connectivity index (χ4v) is 1.13. The third-order valence-corrected chi connectivity index (χ3v) is 2.09. The van der Waals surface area contributed by atoms with Crippen molar-refractivity contribution in [2.24, 2.45) is 17.5 Å². The number of hydrogen-bond acceptors (Lipinski definition) is 3. The van der Waals surface area contributed by atoms with Crippen molar-refractivity contribution in [3.8, 4) is 12.3 Å². The second kappa shape index (κ2) is 6.21. The Balaban J connectivity index is 4.96. The highest BCUT2D eigenvalue weighted by molar-refractivity contribution is 5.27. The molecule has 0 aliphatic heterocycles. The Morgan fingerprint density at radius 3 is 2.41 bits per heavy atom. The predicted octanol–water partition coefficient (Wildman–Crippen LogP) is 1.74. The van der Waals surface area contributed by atoms with Gasteiger partial charge in [-0.1, -0.05) is 18.9 Å². The highest BCUT2D eigenvalue weighted by Gasteiger charge is 2.34. The average Bonchev–Trinajstić information content (AvgIpc) is 2.17. The van der Waals surface area contributed by atoms with Gasteiger partial charge in [-0.05, 0) is 13.0 Å². The first kappa shape index (κ1) is 15.4. The Morgan fingerprint density at radius 2 is 2.06 bits per heavy atom. The summed E-state index contributed by atoms with van der Waals surface area (Å²) in [6.45, 7) is 2.70. The molecule has 0 fully saturated rings. The Kier molecular flexibility index (Phi) is 5.62. The van der Waals surface area contributed by atoms with E-state index in [0.29, 0.717) is 0 Å². The molecular weight excluding hydrogens is 231 g/mol. The Labute approximate surface area is 98.9 Å². The molecule has 0 aliphatic rings. The highest BCUT2D eigenvalue weighted by Crippen LogP contribution is 2.27. The van der Waals surface area contributed by atoms with Gasteiger partial charge in [0.05, 0.1) is 23.9 Å². The third-order valence-electron chi connectivity index (χ3n) is 2.09. The van der Waals surface area contributed by atoms with Crippen molar-refractivity contribution in [3.63, 3.8) is 0 Å². The molecule has 0 aromatic carbocycles. The molecule has 96 valence electrons. The van der Waals surface area contributed by atoms with E-state index >= 15 is 0 Å². The van der Waals surface area contributed by atoms with E-state index in [4.69, 9.17) is 18.0 Å². The zero-order chi connectivity index (χ0) is 13.6. The van der Waals surface area contributed by atoms with Gasteiger partial charge < -0.3 is 5.73 Å². The van der Waals surface area contributed by atoms with Gasteiger partial charge in [-0.15, -0.1) is 6.42 Å². The number of alkyl halides is 3. The van der Waals surface area contributed by atoms with Crippen LogP contribution < -0.4 is 11.6 Å². The average molecular weight is 247 g/mol. The normalized spacial score (nSPS) is 15.4. The summed E-state index contributed by atoms with van der Waals surface area (Å²) in [6, 6.07) is 0. The zero-order valence-corrected chi connectivity index (χ0v) is 9.75. The Hall–Kier alpha value is -1.61. The molecule has 0 saturated carbocycles. The largest absolute Gasteiger partial charge is 0.397 e. The molecule has 1 atom stereocenters. The van der Waals surface area contributed by atoms with Gasteiger partial charge >= 0.3 is 6.18 Å². The smallest absolute Gasteiger partial charge is 0.394 e. The number of nitrogens with two attached hydrogens (primary N) is 2. The molecule has 1 unspecified atom stereocenters. The van der Waals surface area contributed by atoms with Crippen molar-refractivity contribution < 1.29 is 13.2 Å². The van der Waals surface area contributed by atoms with E-state index in [2.05, 4.69) is 5.92 Å². The maximum absolute atomic E-state index is 12.3. The second-order valence-corrected chi connectivity index (χ2v) is 3.46. The summed E-state index contributed by atoms with van der Waals surface area (Å²) < 4.78 is 37.0. The number of allylic oxidation sites excluding steroid dienone is 2. The summed E-state index contributed by atoms with van der Waals surface area (Å²) in [5, 5.41) is 1.12. The number of hydrazine groups is 1. The number of rotatable bonds is 4. The third kappa shape index (κ3) is 4.83. The molecule has 0 saturated heterocycles. The van der Waals surface area contributed by atoms with Crippen LogP contribution in [0.5, 0.6) is 0 Å². The molecule has 0 bridgehead atoms. The summed E-state index contributed by atoms with van der Waals surface area (Å²) in [5.74, 6) is 6.18. The first-order valence-electron chi connectivity index (χ1n) is 4.90. The lowest BCUT2D eigenvalue weighted by molar-refractivity contribution is -0.156. The summed E-state index contributed by atoms with van der Waals surface area (Å²) in [7, 11) is 0. The van der Waals surface area contributed by atoms with Crippen LogP contribution in [0.25, 0.3) is 0 Å².